The summed E-state index contributed by atoms with van der Waals surface area (Å²) in [6.45, 7) is 6.37. The maximum Gasteiger partial charge on any atom is 0.306 e. The lowest BCUT2D eigenvalue weighted by atomic mass is 10.1. The van der Waals surface area contributed by atoms with E-state index in [1.807, 2.05) is 0 Å². The summed E-state index contributed by atoms with van der Waals surface area (Å²) in [6.07, 6.45) is 92.9. The van der Waals surface area contributed by atoms with Gasteiger partial charge in [0.1, 0.15) is 13.2 Å². The highest BCUT2D eigenvalue weighted by molar-refractivity contribution is 5.71. The molecule has 0 radical (unpaired) electrons. The molecule has 0 aromatic carbocycles. The normalized spacial score (nSPS) is 13.1. The molecule has 440 valence electrons. The smallest absolute Gasteiger partial charge is 0.306 e. The maximum absolute atomic E-state index is 12.8. The summed E-state index contributed by atoms with van der Waals surface area (Å²) in [5.74, 6) is -0.922. The molecule has 0 rings (SSSR count). The topological polar surface area (TPSA) is 78.9 Å². The van der Waals surface area contributed by atoms with Crippen LogP contribution in [0.1, 0.15) is 271 Å². The summed E-state index contributed by atoms with van der Waals surface area (Å²) in [5, 5.41) is 0. The fourth-order valence-corrected chi connectivity index (χ4v) is 8.39. The molecule has 0 aliphatic carbocycles. The van der Waals surface area contributed by atoms with Crippen molar-refractivity contribution in [2.45, 2.75) is 277 Å². The van der Waals surface area contributed by atoms with Crippen LogP contribution in [0.25, 0.3) is 0 Å². The average molecular weight is 1080 g/mol. The van der Waals surface area contributed by atoms with Crippen LogP contribution < -0.4 is 0 Å². The van der Waals surface area contributed by atoms with Crippen molar-refractivity contribution in [1.82, 2.24) is 0 Å². The fourth-order valence-electron chi connectivity index (χ4n) is 8.39. The molecular formula is C72H116O6. The second-order valence-corrected chi connectivity index (χ2v) is 20.6. The van der Waals surface area contributed by atoms with Gasteiger partial charge in [-0.1, -0.05) is 276 Å². The highest BCUT2D eigenvalue weighted by atomic mass is 16.6. The number of hydrogen-bond acceptors (Lipinski definition) is 6. The minimum Gasteiger partial charge on any atom is -0.462 e. The van der Waals surface area contributed by atoms with Crippen LogP contribution in [0.3, 0.4) is 0 Å². The van der Waals surface area contributed by atoms with E-state index in [0.29, 0.717) is 19.3 Å². The molecule has 0 aromatic rings. The minimum atomic E-state index is -0.795. The SMILES string of the molecule is CC/C=C\C/C=C\C/C=C\C/C=C\C/C=C\C/C=C\C/C=C\C/C=C\C/C=C\CCCCCCCCCC(=O)OCC(COC(=O)CCCCCCCCCCCC)OC(=O)CCCCCCC/C=C\C/C=C\C/C=C\CC. The van der Waals surface area contributed by atoms with Gasteiger partial charge in [-0.2, -0.15) is 0 Å². The van der Waals surface area contributed by atoms with Crippen LogP contribution >= 0.6 is 0 Å². The van der Waals surface area contributed by atoms with E-state index in [4.69, 9.17) is 14.2 Å². The molecule has 0 saturated heterocycles. The Hall–Kier alpha value is -4.71. The summed E-state index contributed by atoms with van der Waals surface area (Å²) < 4.78 is 16.8. The lowest BCUT2D eigenvalue weighted by Gasteiger charge is -2.18. The zero-order chi connectivity index (χ0) is 56.4. The first kappa shape index (κ1) is 73.3. The second-order valence-electron chi connectivity index (χ2n) is 20.6. The molecule has 0 saturated carbocycles. The second kappa shape index (κ2) is 64.8. The Morgan fingerprint density at radius 1 is 0.269 bits per heavy atom. The van der Waals surface area contributed by atoms with Crippen molar-refractivity contribution in [2.75, 3.05) is 13.2 Å². The zero-order valence-corrected chi connectivity index (χ0v) is 50.4. The van der Waals surface area contributed by atoms with Crippen LogP contribution in [-0.2, 0) is 28.6 Å². The third kappa shape index (κ3) is 62.1. The third-order valence-corrected chi connectivity index (χ3v) is 13.1. The molecule has 0 amide bonds. The van der Waals surface area contributed by atoms with E-state index in [0.717, 1.165) is 161 Å². The molecule has 0 aromatic heterocycles. The van der Waals surface area contributed by atoms with Gasteiger partial charge in [0.15, 0.2) is 6.10 Å². The first-order valence-corrected chi connectivity index (χ1v) is 31.8. The van der Waals surface area contributed by atoms with Crippen LogP contribution in [0, 0.1) is 0 Å². The summed E-state index contributed by atoms with van der Waals surface area (Å²) in [6, 6.07) is 0. The van der Waals surface area contributed by atoms with E-state index in [9.17, 15) is 14.4 Å². The molecular weight excluding hydrogens is 961 g/mol. The Balaban J connectivity index is 4.23. The summed E-state index contributed by atoms with van der Waals surface area (Å²) in [5.41, 5.74) is 0. The van der Waals surface area contributed by atoms with Gasteiger partial charge in [-0.15, -0.1) is 0 Å². The van der Waals surface area contributed by atoms with Crippen molar-refractivity contribution < 1.29 is 28.6 Å². The Morgan fingerprint density at radius 2 is 0.500 bits per heavy atom. The molecule has 78 heavy (non-hydrogen) atoms. The first-order chi connectivity index (χ1) is 38.5. The van der Waals surface area contributed by atoms with Gasteiger partial charge in [0.25, 0.3) is 0 Å². The summed E-state index contributed by atoms with van der Waals surface area (Å²) in [4.78, 5) is 38.1. The molecule has 1 atom stereocenters. The van der Waals surface area contributed by atoms with Gasteiger partial charge in [-0.05, 0) is 122 Å². The van der Waals surface area contributed by atoms with Crippen LogP contribution in [-0.4, -0.2) is 37.2 Å². The third-order valence-electron chi connectivity index (χ3n) is 13.1. The molecule has 0 aliphatic heterocycles. The Labute approximate surface area is 480 Å². The van der Waals surface area contributed by atoms with Gasteiger partial charge in [0, 0.05) is 19.3 Å². The molecule has 0 bridgehead atoms. The van der Waals surface area contributed by atoms with Crippen molar-refractivity contribution in [3.05, 3.63) is 146 Å². The monoisotopic (exact) mass is 1080 g/mol. The van der Waals surface area contributed by atoms with Crippen molar-refractivity contribution >= 4 is 17.9 Å². The maximum atomic E-state index is 12.8. The molecule has 0 N–H and O–H groups in total. The Bertz CT molecular complexity index is 1710. The van der Waals surface area contributed by atoms with Crippen LogP contribution in [0.2, 0.25) is 0 Å². The molecule has 1 unspecified atom stereocenters. The van der Waals surface area contributed by atoms with Crippen molar-refractivity contribution in [2.24, 2.45) is 0 Å². The Kier molecular flexibility index (Phi) is 60.9. The number of allylic oxidation sites excluding steroid dienone is 24. The molecule has 6 heteroatoms. The van der Waals surface area contributed by atoms with Gasteiger partial charge >= 0.3 is 17.9 Å². The molecule has 0 fully saturated rings. The van der Waals surface area contributed by atoms with Crippen molar-refractivity contribution in [1.29, 1.82) is 0 Å². The number of unbranched alkanes of at least 4 members (excludes halogenated alkanes) is 21. The molecule has 0 aliphatic rings. The quantitative estimate of drug-likeness (QED) is 0.0261. The van der Waals surface area contributed by atoms with Gasteiger partial charge in [-0.3, -0.25) is 14.4 Å². The van der Waals surface area contributed by atoms with Gasteiger partial charge < -0.3 is 14.2 Å². The first-order valence-electron chi connectivity index (χ1n) is 31.8. The number of ether oxygens (including phenoxy) is 3. The predicted octanol–water partition coefficient (Wildman–Crippen LogP) is 21.9. The fraction of sp³-hybridized carbons (Fsp3) is 0.625. The van der Waals surface area contributed by atoms with E-state index in [1.54, 1.807) is 0 Å². The number of carbonyl (C=O) groups is 3. The minimum absolute atomic E-state index is 0.0905. The highest BCUT2D eigenvalue weighted by Gasteiger charge is 2.19. The lowest BCUT2D eigenvalue weighted by molar-refractivity contribution is -0.167. The van der Waals surface area contributed by atoms with E-state index >= 15 is 0 Å². The standard InChI is InChI=1S/C72H116O6/c1-4-7-10-13-16-19-22-24-26-27-28-29-30-31-32-33-34-35-36-37-38-39-40-41-42-43-44-45-47-48-50-53-56-59-62-65-71(74)77-68-69(67-76-70(73)64-61-58-55-52-21-18-15-12-9-6-3)78-72(75)66-63-60-57-54-51-49-46-25-23-20-17-14-11-8-5-2/h7-8,10-11,16-17,19-20,24-26,28-29,31-32,34-35,37-38,40-41,43-44,46,69H,4-6,9,12-15,18,21-23,27,30,33,36,39,42,45,47-68H2,1-3H3/b10-7-,11-8-,19-16-,20-17-,26-24-,29-28-,32-31-,35-34-,38-37-,41-40-,44-43-,46-25-. The summed E-state index contributed by atoms with van der Waals surface area (Å²) in [7, 11) is 0. The van der Waals surface area contributed by atoms with Crippen LogP contribution in [0.4, 0.5) is 0 Å². The van der Waals surface area contributed by atoms with E-state index in [-0.39, 0.29) is 31.1 Å². The number of hydrogen-bond donors (Lipinski definition) is 0. The number of esters is 3. The van der Waals surface area contributed by atoms with Crippen LogP contribution in [0.15, 0.2) is 146 Å². The van der Waals surface area contributed by atoms with Crippen molar-refractivity contribution in [3.8, 4) is 0 Å². The van der Waals surface area contributed by atoms with E-state index in [1.165, 1.54) is 70.6 Å². The van der Waals surface area contributed by atoms with Gasteiger partial charge in [-0.25, -0.2) is 0 Å². The largest absolute Gasteiger partial charge is 0.462 e. The predicted molar refractivity (Wildman–Crippen MR) is 339 cm³/mol. The average Bonchev–Trinajstić information content (AvgIpc) is 3.44. The number of rotatable bonds is 56. The van der Waals surface area contributed by atoms with Crippen LogP contribution in [0.5, 0.6) is 0 Å². The van der Waals surface area contributed by atoms with E-state index in [2.05, 4.69) is 167 Å². The van der Waals surface area contributed by atoms with Gasteiger partial charge in [0.05, 0.1) is 0 Å². The lowest BCUT2D eigenvalue weighted by Crippen LogP contribution is -2.30. The molecule has 0 heterocycles. The van der Waals surface area contributed by atoms with Gasteiger partial charge in [0.2, 0.25) is 0 Å². The molecule has 0 spiro atoms. The van der Waals surface area contributed by atoms with Crippen molar-refractivity contribution in [3.63, 3.8) is 0 Å². The Morgan fingerprint density at radius 3 is 0.782 bits per heavy atom. The number of carbonyl (C=O) groups excluding carboxylic acids is 3. The summed E-state index contributed by atoms with van der Waals surface area (Å²) >= 11 is 0. The highest BCUT2D eigenvalue weighted by Crippen LogP contribution is 2.15. The van der Waals surface area contributed by atoms with E-state index < -0.39 is 6.10 Å². The zero-order valence-electron chi connectivity index (χ0n) is 50.4. The molecule has 6 nitrogen and oxygen atoms in total.